The molecule has 0 aliphatic heterocycles. The molecule has 0 bridgehead atoms. The summed E-state index contributed by atoms with van der Waals surface area (Å²) < 4.78 is -0.119. The Morgan fingerprint density at radius 2 is 2.18 bits per heavy atom. The predicted octanol–water partition coefficient (Wildman–Crippen LogP) is 1.98. The maximum absolute atomic E-state index is 8.86. The molecular weight excluding hydrogens is 251 g/mol. The number of nitrogens with zero attached hydrogens (tertiary/aromatic N) is 1. The zero-order valence-electron chi connectivity index (χ0n) is 6.52. The molecule has 2 atom stereocenters. The number of hydrogen-bond donors (Lipinski definition) is 1. The Hall–Kier alpha value is 0.180. The molecule has 3 heteroatoms. The topological polar surface area (TPSA) is 49.8 Å². The van der Waals surface area contributed by atoms with Crippen molar-refractivity contribution in [2.45, 2.75) is 41.6 Å². The maximum Gasteiger partial charge on any atom is 0.109 e. The Bertz CT molecular complexity index is 175. The van der Waals surface area contributed by atoms with Crippen LogP contribution in [-0.2, 0) is 0 Å². The van der Waals surface area contributed by atoms with Gasteiger partial charge in [-0.2, -0.15) is 5.26 Å². The quantitative estimate of drug-likeness (QED) is 0.413. The monoisotopic (exact) mass is 264 g/mol. The highest BCUT2D eigenvalue weighted by Gasteiger charge is 2.28. The van der Waals surface area contributed by atoms with Crippen LogP contribution in [-0.4, -0.2) is 9.46 Å². The SMILES string of the molecule is N#CC1(I)CCCC(N)CC1. The van der Waals surface area contributed by atoms with Gasteiger partial charge < -0.3 is 5.73 Å². The normalized spacial score (nSPS) is 39.2. The summed E-state index contributed by atoms with van der Waals surface area (Å²) >= 11 is 2.27. The smallest absolute Gasteiger partial charge is 0.109 e. The highest BCUT2D eigenvalue weighted by Crippen LogP contribution is 2.33. The molecule has 0 radical (unpaired) electrons. The van der Waals surface area contributed by atoms with Crippen LogP contribution in [0.4, 0.5) is 0 Å². The van der Waals surface area contributed by atoms with Crippen LogP contribution in [0.25, 0.3) is 0 Å². The van der Waals surface area contributed by atoms with E-state index in [-0.39, 0.29) is 3.42 Å². The van der Waals surface area contributed by atoms with Crippen molar-refractivity contribution >= 4 is 22.6 Å². The predicted molar refractivity (Wildman–Crippen MR) is 53.4 cm³/mol. The van der Waals surface area contributed by atoms with Gasteiger partial charge in [0.2, 0.25) is 0 Å². The molecule has 1 saturated carbocycles. The van der Waals surface area contributed by atoms with Gasteiger partial charge in [-0.3, -0.25) is 0 Å². The number of halogens is 1. The van der Waals surface area contributed by atoms with E-state index in [0.29, 0.717) is 6.04 Å². The Kier molecular flexibility index (Phi) is 3.14. The first-order valence-electron chi connectivity index (χ1n) is 4.02. The van der Waals surface area contributed by atoms with Crippen molar-refractivity contribution in [3.63, 3.8) is 0 Å². The van der Waals surface area contributed by atoms with E-state index in [9.17, 15) is 0 Å². The lowest BCUT2D eigenvalue weighted by molar-refractivity contribution is 0.580. The van der Waals surface area contributed by atoms with Crippen molar-refractivity contribution < 1.29 is 0 Å². The molecule has 0 aromatic heterocycles. The average Bonchev–Trinajstić information content (AvgIpc) is 2.15. The fraction of sp³-hybridized carbons (Fsp3) is 0.875. The Morgan fingerprint density at radius 1 is 1.45 bits per heavy atom. The maximum atomic E-state index is 8.86. The summed E-state index contributed by atoms with van der Waals surface area (Å²) in [7, 11) is 0. The first kappa shape index (κ1) is 9.27. The van der Waals surface area contributed by atoms with Gasteiger partial charge in [0, 0.05) is 6.04 Å². The minimum absolute atomic E-state index is 0.119. The molecule has 0 amide bonds. The summed E-state index contributed by atoms with van der Waals surface area (Å²) in [4.78, 5) is 0. The van der Waals surface area contributed by atoms with E-state index in [0.717, 1.165) is 32.1 Å². The summed E-state index contributed by atoms with van der Waals surface area (Å²) in [6, 6.07) is 2.71. The first-order valence-corrected chi connectivity index (χ1v) is 5.10. The largest absolute Gasteiger partial charge is 0.328 e. The lowest BCUT2D eigenvalue weighted by Crippen LogP contribution is -2.20. The van der Waals surface area contributed by atoms with Crippen LogP contribution in [0.5, 0.6) is 0 Å². The minimum Gasteiger partial charge on any atom is -0.328 e. The molecule has 1 aliphatic carbocycles. The molecule has 0 heterocycles. The Labute approximate surface area is 81.3 Å². The second kappa shape index (κ2) is 3.72. The highest BCUT2D eigenvalue weighted by atomic mass is 127. The second-order valence-electron chi connectivity index (χ2n) is 3.27. The van der Waals surface area contributed by atoms with Crippen LogP contribution in [0, 0.1) is 11.3 Å². The highest BCUT2D eigenvalue weighted by molar-refractivity contribution is 14.1. The number of hydrogen-bond acceptors (Lipinski definition) is 2. The van der Waals surface area contributed by atoms with Crippen LogP contribution in [0.2, 0.25) is 0 Å². The summed E-state index contributed by atoms with van der Waals surface area (Å²) in [5.41, 5.74) is 5.80. The molecule has 1 rings (SSSR count). The Balaban J connectivity index is 2.54. The number of rotatable bonds is 0. The van der Waals surface area contributed by atoms with E-state index in [4.69, 9.17) is 11.0 Å². The van der Waals surface area contributed by atoms with Crippen LogP contribution < -0.4 is 5.73 Å². The van der Waals surface area contributed by atoms with Crippen LogP contribution >= 0.6 is 22.6 Å². The third-order valence-electron chi connectivity index (χ3n) is 2.26. The number of nitrogens with two attached hydrogens (primary N) is 1. The molecule has 0 saturated heterocycles. The number of alkyl halides is 1. The first-order chi connectivity index (χ1) is 5.16. The van der Waals surface area contributed by atoms with E-state index in [1.807, 2.05) is 0 Å². The van der Waals surface area contributed by atoms with Gasteiger partial charge >= 0.3 is 0 Å². The molecule has 0 aromatic carbocycles. The van der Waals surface area contributed by atoms with E-state index in [1.165, 1.54) is 0 Å². The van der Waals surface area contributed by atoms with Gasteiger partial charge in [-0.05, 0) is 32.1 Å². The molecule has 62 valence electrons. The summed E-state index contributed by atoms with van der Waals surface area (Å²) in [6.07, 6.45) is 5.18. The molecule has 2 unspecified atom stereocenters. The van der Waals surface area contributed by atoms with Crippen molar-refractivity contribution in [3.05, 3.63) is 0 Å². The minimum atomic E-state index is -0.119. The van der Waals surface area contributed by atoms with Crippen LogP contribution in [0.1, 0.15) is 32.1 Å². The van der Waals surface area contributed by atoms with Gasteiger partial charge in [0.25, 0.3) is 0 Å². The molecule has 11 heavy (non-hydrogen) atoms. The fourth-order valence-electron chi connectivity index (χ4n) is 1.44. The van der Waals surface area contributed by atoms with Gasteiger partial charge in [0.05, 0.1) is 6.07 Å². The summed E-state index contributed by atoms with van der Waals surface area (Å²) in [5, 5.41) is 8.86. The zero-order chi connectivity index (χ0) is 8.32. The van der Waals surface area contributed by atoms with Gasteiger partial charge in [-0.25, -0.2) is 0 Å². The van der Waals surface area contributed by atoms with E-state index < -0.39 is 0 Å². The Morgan fingerprint density at radius 3 is 2.82 bits per heavy atom. The van der Waals surface area contributed by atoms with Crippen molar-refractivity contribution in [3.8, 4) is 6.07 Å². The van der Waals surface area contributed by atoms with Crippen molar-refractivity contribution in [1.29, 1.82) is 5.26 Å². The van der Waals surface area contributed by atoms with Crippen molar-refractivity contribution in [2.24, 2.45) is 5.73 Å². The fourth-order valence-corrected chi connectivity index (χ4v) is 2.13. The van der Waals surface area contributed by atoms with E-state index in [1.54, 1.807) is 0 Å². The molecular formula is C8H13IN2. The lowest BCUT2D eigenvalue weighted by atomic mass is 10.0. The zero-order valence-corrected chi connectivity index (χ0v) is 8.67. The van der Waals surface area contributed by atoms with E-state index in [2.05, 4.69) is 28.7 Å². The average molecular weight is 264 g/mol. The van der Waals surface area contributed by atoms with Crippen molar-refractivity contribution in [1.82, 2.24) is 0 Å². The van der Waals surface area contributed by atoms with Gasteiger partial charge in [0.15, 0.2) is 0 Å². The van der Waals surface area contributed by atoms with Gasteiger partial charge in [0.1, 0.15) is 3.42 Å². The molecule has 0 aromatic rings. The third-order valence-corrected chi connectivity index (χ3v) is 3.58. The lowest BCUT2D eigenvalue weighted by Gasteiger charge is -2.15. The molecule has 2 nitrogen and oxygen atoms in total. The van der Waals surface area contributed by atoms with Gasteiger partial charge in [-0.15, -0.1) is 0 Å². The molecule has 1 aliphatic rings. The van der Waals surface area contributed by atoms with E-state index >= 15 is 0 Å². The van der Waals surface area contributed by atoms with Crippen molar-refractivity contribution in [2.75, 3.05) is 0 Å². The van der Waals surface area contributed by atoms with Crippen LogP contribution in [0.3, 0.4) is 0 Å². The summed E-state index contributed by atoms with van der Waals surface area (Å²) in [6.45, 7) is 0. The van der Waals surface area contributed by atoms with Crippen LogP contribution in [0.15, 0.2) is 0 Å². The number of nitriles is 1. The third kappa shape index (κ3) is 2.60. The second-order valence-corrected chi connectivity index (χ2v) is 5.33. The molecule has 2 N–H and O–H groups in total. The van der Waals surface area contributed by atoms with Gasteiger partial charge in [-0.1, -0.05) is 22.6 Å². The summed E-state index contributed by atoms with van der Waals surface area (Å²) in [5.74, 6) is 0. The standard InChI is InChI=1S/C8H13IN2/c9-8(6-10)4-1-2-7(11)3-5-8/h7H,1-5,11H2. The molecule has 1 fully saturated rings. The molecule has 0 spiro atoms.